The third-order valence-corrected chi connectivity index (χ3v) is 3.30. The summed E-state index contributed by atoms with van der Waals surface area (Å²) in [6.45, 7) is 1.77. The first-order valence-corrected chi connectivity index (χ1v) is 8.01. The van der Waals surface area contributed by atoms with Gasteiger partial charge in [0.2, 0.25) is 17.7 Å². The lowest BCUT2D eigenvalue weighted by atomic mass is 10.1. The molecule has 0 aliphatic carbocycles. The minimum absolute atomic E-state index is 0.0689. The van der Waals surface area contributed by atoms with Gasteiger partial charge in [0.1, 0.15) is 12.1 Å². The van der Waals surface area contributed by atoms with E-state index in [2.05, 4.69) is 10.1 Å². The molecule has 0 heterocycles. The molecule has 0 radical (unpaired) electrons. The number of nitrogens with two attached hydrogens (primary N) is 1. The van der Waals surface area contributed by atoms with Crippen molar-refractivity contribution in [3.8, 4) is 0 Å². The molecule has 138 valence electrons. The molecule has 0 saturated heterocycles. The van der Waals surface area contributed by atoms with Crippen LogP contribution in [-0.2, 0) is 23.9 Å². The second-order valence-electron chi connectivity index (χ2n) is 5.48. The van der Waals surface area contributed by atoms with Gasteiger partial charge >= 0.3 is 5.97 Å². The third kappa shape index (κ3) is 9.81. The van der Waals surface area contributed by atoms with E-state index in [0.717, 1.165) is 32.8 Å². The molecule has 24 heavy (non-hydrogen) atoms. The average Bonchev–Trinajstić information content (AvgIpc) is 2.60. The molecule has 0 aliphatic heterocycles. The van der Waals surface area contributed by atoms with Crippen LogP contribution in [0, 0.1) is 0 Å². The summed E-state index contributed by atoms with van der Waals surface area (Å²) in [4.78, 5) is 46.9. The Bertz CT molecular complexity index is 491. The number of amides is 3. The van der Waals surface area contributed by atoms with Gasteiger partial charge in [-0.25, -0.2) is 4.79 Å². The first-order valence-electron chi connectivity index (χ1n) is 9.16. The summed E-state index contributed by atoms with van der Waals surface area (Å²) < 4.78 is 19.4. The van der Waals surface area contributed by atoms with Crippen LogP contribution in [0.1, 0.15) is 60.1 Å². The maximum atomic E-state index is 12.2. The van der Waals surface area contributed by atoms with Crippen LogP contribution in [0.25, 0.3) is 0 Å². The summed E-state index contributed by atoms with van der Waals surface area (Å²) in [5.41, 5.74) is 5.11. The van der Waals surface area contributed by atoms with Gasteiger partial charge in [-0.1, -0.05) is 32.6 Å². The molecular formula is C16H29N3O5. The van der Waals surface area contributed by atoms with Crippen molar-refractivity contribution in [3.63, 3.8) is 0 Å². The van der Waals surface area contributed by atoms with Gasteiger partial charge in [0, 0.05) is 7.79 Å². The zero-order valence-electron chi connectivity index (χ0n) is 16.4. The van der Waals surface area contributed by atoms with Crippen LogP contribution in [0.15, 0.2) is 0 Å². The van der Waals surface area contributed by atoms with E-state index >= 15 is 0 Å². The molecule has 2 atom stereocenters. The first-order chi connectivity index (χ1) is 12.2. The van der Waals surface area contributed by atoms with Crippen molar-refractivity contribution in [1.82, 2.24) is 10.6 Å². The van der Waals surface area contributed by atoms with E-state index in [1.54, 1.807) is 0 Å². The second-order valence-corrected chi connectivity index (χ2v) is 5.48. The highest BCUT2D eigenvalue weighted by molar-refractivity contribution is 5.93. The van der Waals surface area contributed by atoms with Crippen molar-refractivity contribution in [2.24, 2.45) is 5.73 Å². The Labute approximate surface area is 145 Å². The number of carbonyl (C=O) groups excluding carboxylic acids is 4. The number of primary amides is 1. The normalized spacial score (nSPS) is 13.9. The van der Waals surface area contributed by atoms with Crippen molar-refractivity contribution in [2.45, 2.75) is 70.9 Å². The molecule has 3 amide bonds. The second kappa shape index (κ2) is 12.3. The predicted octanol–water partition coefficient (Wildman–Crippen LogP) is 0.385. The molecule has 0 spiro atoms. The number of esters is 1. The summed E-state index contributed by atoms with van der Waals surface area (Å²) in [5, 5.41) is 2.76. The zero-order valence-corrected chi connectivity index (χ0v) is 14.4. The van der Waals surface area contributed by atoms with Gasteiger partial charge in [0.25, 0.3) is 0 Å². The smallest absolute Gasteiger partial charge is 0.328 e. The Balaban J connectivity index is 4.68. The topological polar surface area (TPSA) is 128 Å². The zero-order chi connectivity index (χ0) is 20.1. The van der Waals surface area contributed by atoms with E-state index in [1.807, 2.05) is 0 Å². The van der Waals surface area contributed by atoms with Gasteiger partial charge in [-0.05, 0) is 13.3 Å². The minimum atomic E-state index is -1.41. The van der Waals surface area contributed by atoms with E-state index in [-0.39, 0.29) is 6.42 Å². The SMILES string of the molecule is [2H]CCCCCCCC(=O)N([2H])[C@@H](CC(N)=O)C(=O)N[C@@H](C)C(=O)OC. The molecular weight excluding hydrogens is 314 g/mol. The Morgan fingerprint density at radius 1 is 1.21 bits per heavy atom. The van der Waals surface area contributed by atoms with E-state index in [9.17, 15) is 19.2 Å². The van der Waals surface area contributed by atoms with E-state index < -0.39 is 42.2 Å². The number of methoxy groups -OCH3 is 1. The summed E-state index contributed by atoms with van der Waals surface area (Å²) in [7, 11) is 1.16. The molecule has 0 rings (SSSR count). The largest absolute Gasteiger partial charge is 0.467 e. The average molecular weight is 345 g/mol. The fourth-order valence-corrected chi connectivity index (χ4v) is 1.98. The van der Waals surface area contributed by atoms with Crippen molar-refractivity contribution in [1.29, 1.82) is 0 Å². The maximum absolute atomic E-state index is 12.2. The number of rotatable bonds is 12. The van der Waals surface area contributed by atoms with Gasteiger partial charge in [-0.3, -0.25) is 14.4 Å². The van der Waals surface area contributed by atoms with Gasteiger partial charge in [0.05, 0.1) is 13.5 Å². The van der Waals surface area contributed by atoms with E-state index in [4.69, 9.17) is 8.52 Å². The van der Waals surface area contributed by atoms with E-state index in [1.165, 1.54) is 6.92 Å². The Morgan fingerprint density at radius 3 is 2.46 bits per heavy atom. The van der Waals surface area contributed by atoms with Crippen LogP contribution in [0.4, 0.5) is 0 Å². The van der Waals surface area contributed by atoms with Crippen LogP contribution in [0.3, 0.4) is 0 Å². The van der Waals surface area contributed by atoms with Crippen LogP contribution >= 0.6 is 0 Å². The molecule has 0 saturated carbocycles. The van der Waals surface area contributed by atoms with Crippen LogP contribution in [0.2, 0.25) is 1.41 Å². The van der Waals surface area contributed by atoms with Crippen molar-refractivity contribution >= 4 is 23.7 Å². The fraction of sp³-hybridized carbons (Fsp3) is 0.750. The molecule has 0 aliphatic rings. The monoisotopic (exact) mass is 345 g/mol. The third-order valence-electron chi connectivity index (χ3n) is 3.30. The molecule has 0 unspecified atom stereocenters. The van der Waals surface area contributed by atoms with Gasteiger partial charge in [-0.15, -0.1) is 0 Å². The number of hydrogen-bond acceptors (Lipinski definition) is 5. The van der Waals surface area contributed by atoms with E-state index in [0.29, 0.717) is 18.6 Å². The number of nitrogens with one attached hydrogen (secondary N) is 2. The molecule has 0 bridgehead atoms. The van der Waals surface area contributed by atoms with Crippen LogP contribution in [0.5, 0.6) is 0 Å². The predicted molar refractivity (Wildman–Crippen MR) is 88.7 cm³/mol. The maximum Gasteiger partial charge on any atom is 0.328 e. The molecule has 0 aromatic heterocycles. The molecule has 0 fully saturated rings. The van der Waals surface area contributed by atoms with Crippen molar-refractivity contribution in [3.05, 3.63) is 0 Å². The molecule has 0 aromatic carbocycles. The summed E-state index contributed by atoms with van der Waals surface area (Å²) in [6, 6.07) is -2.39. The molecule has 8 heteroatoms. The molecule has 8 nitrogen and oxygen atoms in total. The minimum Gasteiger partial charge on any atom is -0.467 e. The van der Waals surface area contributed by atoms with Crippen molar-refractivity contribution in [2.75, 3.05) is 7.11 Å². The number of hydrogen-bond donors (Lipinski definition) is 3. The first kappa shape index (κ1) is 18.2. The highest BCUT2D eigenvalue weighted by Crippen LogP contribution is 2.05. The lowest BCUT2D eigenvalue weighted by Gasteiger charge is -2.19. The lowest BCUT2D eigenvalue weighted by Crippen LogP contribution is -2.52. The van der Waals surface area contributed by atoms with Gasteiger partial charge in [0.15, 0.2) is 1.41 Å². The highest BCUT2D eigenvalue weighted by Gasteiger charge is 2.26. The standard InChI is InChI=1S/C16H29N3O5/c1-4-5-6-7-8-9-14(21)19-12(10-13(17)20)15(22)18-11(2)16(23)24-3/h11-12H,4-10H2,1-3H3,(H2,17,20)(H,18,22)(H,19,21)/t11-,12-/m0/s1/i1D/hD. The summed E-state index contributed by atoms with van der Waals surface area (Å²) in [5.74, 6) is -2.94. The van der Waals surface area contributed by atoms with Crippen LogP contribution in [-0.4, -0.2) is 42.9 Å². The molecule has 4 N–H and O–H groups in total. The summed E-state index contributed by atoms with van der Waals surface area (Å²) in [6.07, 6.45) is 3.52. The lowest BCUT2D eigenvalue weighted by molar-refractivity contribution is -0.144. The quantitative estimate of drug-likeness (QED) is 0.348. The summed E-state index contributed by atoms with van der Waals surface area (Å²) >= 11 is 0. The van der Waals surface area contributed by atoms with Gasteiger partial charge in [-0.2, -0.15) is 0 Å². The number of unbranched alkanes of at least 4 members (excludes halogenated alkanes) is 4. The van der Waals surface area contributed by atoms with Gasteiger partial charge < -0.3 is 21.1 Å². The number of ether oxygens (including phenoxy) is 1. The Morgan fingerprint density at radius 2 is 1.88 bits per heavy atom. The highest BCUT2D eigenvalue weighted by atomic mass is 16.5. The Hall–Kier alpha value is -2.12. The fourth-order valence-electron chi connectivity index (χ4n) is 1.98. The molecule has 0 aromatic rings. The Kier molecular flexibility index (Phi) is 9.35. The van der Waals surface area contributed by atoms with Crippen molar-refractivity contribution < 1.29 is 26.7 Å². The van der Waals surface area contributed by atoms with Crippen LogP contribution < -0.4 is 16.4 Å². The number of carbonyl (C=O) groups is 4.